The Bertz CT molecular complexity index is 862. The number of anilines is 2. The second kappa shape index (κ2) is 6.33. The van der Waals surface area contributed by atoms with E-state index in [4.69, 9.17) is 10.5 Å². The number of ether oxygens (including phenoxy) is 1. The number of hydrogen-bond donors (Lipinski definition) is 2. The van der Waals surface area contributed by atoms with Gasteiger partial charge in [-0.25, -0.2) is 4.98 Å². The van der Waals surface area contributed by atoms with Crippen molar-refractivity contribution >= 4 is 22.9 Å². The molecule has 1 aromatic carbocycles. The third-order valence-corrected chi connectivity index (χ3v) is 4.62. The maximum Gasteiger partial charge on any atom is 0.224 e. The summed E-state index contributed by atoms with van der Waals surface area (Å²) in [5, 5.41) is 0. The summed E-state index contributed by atoms with van der Waals surface area (Å²) >= 11 is 0. The summed E-state index contributed by atoms with van der Waals surface area (Å²) in [7, 11) is 0. The van der Waals surface area contributed by atoms with Crippen molar-refractivity contribution in [1.82, 2.24) is 19.9 Å². The highest BCUT2D eigenvalue weighted by atomic mass is 16.5. The number of fused-ring (bicyclic) bond motifs is 1. The molecule has 0 unspecified atom stereocenters. The van der Waals surface area contributed by atoms with Gasteiger partial charge in [0.05, 0.1) is 12.4 Å². The molecule has 0 aliphatic carbocycles. The maximum atomic E-state index is 6.37. The smallest absolute Gasteiger partial charge is 0.224 e. The second-order valence-corrected chi connectivity index (χ2v) is 6.73. The Labute approximate surface area is 146 Å². The number of nitrogens with one attached hydrogen (secondary N) is 1. The Morgan fingerprint density at radius 2 is 2.00 bits per heavy atom. The van der Waals surface area contributed by atoms with E-state index >= 15 is 0 Å². The van der Waals surface area contributed by atoms with Crippen molar-refractivity contribution in [2.45, 2.75) is 26.1 Å². The highest BCUT2D eigenvalue weighted by Crippen LogP contribution is 2.32. The standard InChI is InChI=1S/C18H22N6O/c1-11(2)13-8-24(9-14(25-13)12-6-4-3-5-7-12)17-15-16(21-10-20-15)22-18(19)23-17/h3-7,10-11,13-14H,8-9H2,1-2H3,(H3,19,20,21,22,23)/t13-,14+/m1/s1. The highest BCUT2D eigenvalue weighted by molar-refractivity contribution is 5.84. The van der Waals surface area contributed by atoms with Crippen LogP contribution in [0.25, 0.3) is 11.2 Å². The van der Waals surface area contributed by atoms with Gasteiger partial charge in [-0.2, -0.15) is 9.97 Å². The number of aromatic nitrogens is 4. The summed E-state index contributed by atoms with van der Waals surface area (Å²) in [6.07, 6.45) is 1.71. The van der Waals surface area contributed by atoms with Gasteiger partial charge in [-0.15, -0.1) is 0 Å². The van der Waals surface area contributed by atoms with E-state index in [2.05, 4.69) is 50.8 Å². The van der Waals surface area contributed by atoms with Gasteiger partial charge in [0, 0.05) is 13.1 Å². The zero-order chi connectivity index (χ0) is 17.4. The van der Waals surface area contributed by atoms with Crippen LogP contribution in [0.15, 0.2) is 36.7 Å². The molecular formula is C18H22N6O. The zero-order valence-corrected chi connectivity index (χ0v) is 14.4. The van der Waals surface area contributed by atoms with Crippen LogP contribution in [-0.4, -0.2) is 39.1 Å². The average molecular weight is 338 g/mol. The van der Waals surface area contributed by atoms with Crippen LogP contribution in [0.5, 0.6) is 0 Å². The number of nitrogen functional groups attached to an aromatic ring is 1. The second-order valence-electron chi connectivity index (χ2n) is 6.73. The van der Waals surface area contributed by atoms with Crippen molar-refractivity contribution in [2.75, 3.05) is 23.7 Å². The van der Waals surface area contributed by atoms with Crippen molar-refractivity contribution in [3.63, 3.8) is 0 Å². The first kappa shape index (κ1) is 15.8. The molecule has 0 saturated carbocycles. The molecule has 0 spiro atoms. The first-order valence-electron chi connectivity index (χ1n) is 8.53. The third-order valence-electron chi connectivity index (χ3n) is 4.62. The third kappa shape index (κ3) is 3.02. The molecule has 3 N–H and O–H groups in total. The molecule has 7 heteroatoms. The van der Waals surface area contributed by atoms with Crippen LogP contribution in [0.2, 0.25) is 0 Å². The van der Waals surface area contributed by atoms with Gasteiger partial charge in [-0.1, -0.05) is 44.2 Å². The van der Waals surface area contributed by atoms with Crippen LogP contribution in [0, 0.1) is 5.92 Å². The molecule has 0 bridgehead atoms. The number of imidazole rings is 1. The maximum absolute atomic E-state index is 6.37. The monoisotopic (exact) mass is 338 g/mol. The Morgan fingerprint density at radius 1 is 1.20 bits per heavy atom. The van der Waals surface area contributed by atoms with E-state index in [1.165, 1.54) is 5.56 Å². The molecule has 1 aliphatic rings. The molecule has 1 saturated heterocycles. The molecule has 4 rings (SSSR count). The van der Waals surface area contributed by atoms with Gasteiger partial charge in [0.25, 0.3) is 0 Å². The first-order valence-corrected chi connectivity index (χ1v) is 8.53. The van der Waals surface area contributed by atoms with E-state index in [-0.39, 0.29) is 18.2 Å². The Morgan fingerprint density at radius 3 is 2.76 bits per heavy atom. The Kier molecular flexibility index (Phi) is 4.01. The minimum absolute atomic E-state index is 0.0171. The Balaban J connectivity index is 1.73. The Hall–Kier alpha value is -2.67. The number of nitrogens with two attached hydrogens (primary N) is 1. The summed E-state index contributed by atoms with van der Waals surface area (Å²) in [4.78, 5) is 18.3. The molecule has 25 heavy (non-hydrogen) atoms. The van der Waals surface area contributed by atoms with E-state index in [0.29, 0.717) is 18.1 Å². The topological polar surface area (TPSA) is 93.0 Å². The summed E-state index contributed by atoms with van der Waals surface area (Å²) in [5.41, 5.74) is 8.46. The lowest BCUT2D eigenvalue weighted by atomic mass is 10.0. The normalized spacial score (nSPS) is 21.2. The van der Waals surface area contributed by atoms with Crippen LogP contribution in [0.3, 0.4) is 0 Å². The molecule has 2 atom stereocenters. The molecule has 0 amide bonds. The van der Waals surface area contributed by atoms with E-state index in [1.54, 1.807) is 6.33 Å². The summed E-state index contributed by atoms with van der Waals surface area (Å²) in [5.74, 6) is 1.42. The van der Waals surface area contributed by atoms with E-state index in [0.717, 1.165) is 17.9 Å². The molecule has 1 fully saturated rings. The lowest BCUT2D eigenvalue weighted by Crippen LogP contribution is -2.46. The molecule has 3 heterocycles. The minimum Gasteiger partial charge on any atom is -0.368 e. The van der Waals surface area contributed by atoms with Crippen LogP contribution >= 0.6 is 0 Å². The van der Waals surface area contributed by atoms with Gasteiger partial charge in [-0.05, 0) is 11.5 Å². The van der Waals surface area contributed by atoms with Crippen molar-refractivity contribution in [2.24, 2.45) is 5.92 Å². The molecule has 0 radical (unpaired) electrons. The van der Waals surface area contributed by atoms with Crippen LogP contribution in [-0.2, 0) is 4.74 Å². The largest absolute Gasteiger partial charge is 0.368 e. The fraction of sp³-hybridized carbons (Fsp3) is 0.389. The quantitative estimate of drug-likeness (QED) is 0.762. The van der Waals surface area contributed by atoms with Crippen LogP contribution in [0.4, 0.5) is 11.8 Å². The lowest BCUT2D eigenvalue weighted by Gasteiger charge is -2.40. The van der Waals surface area contributed by atoms with E-state index in [1.807, 2.05) is 18.2 Å². The van der Waals surface area contributed by atoms with Gasteiger partial charge >= 0.3 is 0 Å². The fourth-order valence-electron chi connectivity index (χ4n) is 3.24. The number of rotatable bonds is 3. The number of nitrogens with zero attached hydrogens (tertiary/aromatic N) is 4. The lowest BCUT2D eigenvalue weighted by molar-refractivity contribution is -0.0500. The molecule has 7 nitrogen and oxygen atoms in total. The number of morpholine rings is 1. The van der Waals surface area contributed by atoms with Gasteiger partial charge < -0.3 is 20.4 Å². The van der Waals surface area contributed by atoms with Gasteiger partial charge in [0.15, 0.2) is 11.5 Å². The molecular weight excluding hydrogens is 316 g/mol. The fourth-order valence-corrected chi connectivity index (χ4v) is 3.24. The number of benzene rings is 1. The number of aromatic amines is 1. The van der Waals surface area contributed by atoms with Gasteiger partial charge in [0.1, 0.15) is 11.6 Å². The molecule has 1 aliphatic heterocycles. The molecule has 130 valence electrons. The van der Waals surface area contributed by atoms with E-state index in [9.17, 15) is 0 Å². The zero-order valence-electron chi connectivity index (χ0n) is 14.4. The predicted octanol–water partition coefficient (Wildman–Crippen LogP) is 2.54. The summed E-state index contributed by atoms with van der Waals surface area (Å²) < 4.78 is 6.37. The van der Waals surface area contributed by atoms with E-state index < -0.39 is 0 Å². The summed E-state index contributed by atoms with van der Waals surface area (Å²) in [6.45, 7) is 5.82. The SMILES string of the molecule is CC(C)[C@H]1CN(c2nc(N)nc3nc[nH]c23)C[C@@H](c2ccccc2)O1. The number of H-pyrrole nitrogens is 1. The van der Waals surface area contributed by atoms with Crippen LogP contribution in [0.1, 0.15) is 25.5 Å². The first-order chi connectivity index (χ1) is 12.1. The highest BCUT2D eigenvalue weighted by Gasteiger charge is 2.32. The number of hydrogen-bond acceptors (Lipinski definition) is 6. The minimum atomic E-state index is -0.0171. The summed E-state index contributed by atoms with van der Waals surface area (Å²) in [6, 6.07) is 10.3. The van der Waals surface area contributed by atoms with Gasteiger partial charge in [-0.3, -0.25) is 0 Å². The van der Waals surface area contributed by atoms with Crippen molar-refractivity contribution in [3.8, 4) is 0 Å². The van der Waals surface area contributed by atoms with Crippen molar-refractivity contribution < 1.29 is 4.74 Å². The van der Waals surface area contributed by atoms with Crippen molar-refractivity contribution in [3.05, 3.63) is 42.2 Å². The van der Waals surface area contributed by atoms with Crippen LogP contribution < -0.4 is 10.6 Å². The van der Waals surface area contributed by atoms with Crippen molar-refractivity contribution in [1.29, 1.82) is 0 Å². The average Bonchev–Trinajstić information content (AvgIpc) is 3.09. The molecule has 2 aromatic heterocycles. The predicted molar refractivity (Wildman–Crippen MR) is 97.2 cm³/mol. The van der Waals surface area contributed by atoms with Gasteiger partial charge in [0.2, 0.25) is 5.95 Å². The molecule has 3 aromatic rings.